The van der Waals surface area contributed by atoms with Gasteiger partial charge in [-0.05, 0) is 88.7 Å². The number of benzene rings is 1. The Morgan fingerprint density at radius 2 is 1.82 bits per heavy atom. The zero-order valence-corrected chi connectivity index (χ0v) is 23.0. The zero-order valence-electron chi connectivity index (χ0n) is 23.0. The molecule has 8 nitrogen and oxygen atoms in total. The summed E-state index contributed by atoms with van der Waals surface area (Å²) in [4.78, 5) is 31.9. The van der Waals surface area contributed by atoms with Gasteiger partial charge in [0, 0.05) is 74.0 Å². The summed E-state index contributed by atoms with van der Waals surface area (Å²) in [6.45, 7) is 7.87. The Hall–Kier alpha value is -3.13. The average molecular weight is 521 g/mol. The summed E-state index contributed by atoms with van der Waals surface area (Å²) in [6.07, 6.45) is 13.5. The summed E-state index contributed by atoms with van der Waals surface area (Å²) >= 11 is 0. The highest BCUT2D eigenvalue weighted by Crippen LogP contribution is 2.30. The molecule has 0 saturated carbocycles. The first-order valence-electron chi connectivity index (χ1n) is 14.2. The van der Waals surface area contributed by atoms with Crippen LogP contribution in [0.3, 0.4) is 0 Å². The zero-order chi connectivity index (χ0) is 26.7. The number of hydrogen-bond acceptors (Lipinski definition) is 7. The fraction of sp³-hybridized carbons (Fsp3) is 0.567. The molecule has 3 aliphatic rings. The highest BCUT2D eigenvalue weighted by molar-refractivity contribution is 5.85. The maximum Gasteiger partial charge on any atom is 0.226 e. The molecule has 38 heavy (non-hydrogen) atoms. The molecule has 2 saturated heterocycles. The first-order valence-corrected chi connectivity index (χ1v) is 14.2. The molecule has 8 heteroatoms. The molecule has 0 radical (unpaired) electrons. The van der Waals surface area contributed by atoms with E-state index in [9.17, 15) is 9.59 Å². The van der Waals surface area contributed by atoms with Crippen molar-refractivity contribution in [2.24, 2.45) is 16.8 Å². The minimum absolute atomic E-state index is 0.126. The van der Waals surface area contributed by atoms with Crippen molar-refractivity contribution in [3.05, 3.63) is 47.8 Å². The van der Waals surface area contributed by atoms with Gasteiger partial charge < -0.3 is 20.4 Å². The van der Waals surface area contributed by atoms with Crippen molar-refractivity contribution in [2.45, 2.75) is 57.9 Å². The molecular weight excluding hydrogens is 476 g/mol. The number of allylic oxidation sites excluding steroid dienone is 4. The van der Waals surface area contributed by atoms with E-state index in [1.54, 1.807) is 0 Å². The number of amides is 2. The van der Waals surface area contributed by atoms with Crippen molar-refractivity contribution in [3.8, 4) is 0 Å². The molecule has 3 aliphatic heterocycles. The van der Waals surface area contributed by atoms with Crippen LogP contribution in [0.2, 0.25) is 0 Å². The molecular formula is C30H44N6O2. The lowest BCUT2D eigenvalue weighted by Crippen LogP contribution is -2.41. The highest BCUT2D eigenvalue weighted by atomic mass is 16.2. The number of hydrogen-bond donors (Lipinski definition) is 3. The van der Waals surface area contributed by atoms with Crippen LogP contribution < -0.4 is 20.9 Å². The third kappa shape index (κ3) is 8.18. The van der Waals surface area contributed by atoms with Crippen LogP contribution in [0.1, 0.15) is 51.9 Å². The smallest absolute Gasteiger partial charge is 0.226 e. The summed E-state index contributed by atoms with van der Waals surface area (Å²) in [5.41, 5.74) is 4.72. The quantitative estimate of drug-likeness (QED) is 0.383. The molecule has 1 aromatic rings. The maximum absolute atomic E-state index is 11.5. The van der Waals surface area contributed by atoms with Crippen LogP contribution in [0.15, 0.2) is 52.8 Å². The maximum atomic E-state index is 11.5. The topological polar surface area (TPSA) is 89.1 Å². The second-order valence-corrected chi connectivity index (χ2v) is 10.9. The van der Waals surface area contributed by atoms with Crippen LogP contribution in [0.4, 0.5) is 11.4 Å². The van der Waals surface area contributed by atoms with Crippen molar-refractivity contribution < 1.29 is 9.59 Å². The van der Waals surface area contributed by atoms with E-state index in [4.69, 9.17) is 4.99 Å². The van der Waals surface area contributed by atoms with E-state index >= 15 is 0 Å². The normalized spacial score (nSPS) is 20.2. The number of carbonyl (C=O) groups is 2. The molecule has 0 spiro atoms. The fourth-order valence-electron chi connectivity index (χ4n) is 5.76. The van der Waals surface area contributed by atoms with Crippen LogP contribution in [-0.4, -0.2) is 69.2 Å². The lowest BCUT2D eigenvalue weighted by molar-refractivity contribution is -0.125. The van der Waals surface area contributed by atoms with Gasteiger partial charge in [-0.2, -0.15) is 0 Å². The third-order valence-corrected chi connectivity index (χ3v) is 8.11. The number of nitrogens with zero attached hydrogens (tertiary/aromatic N) is 3. The van der Waals surface area contributed by atoms with Crippen molar-refractivity contribution in [3.63, 3.8) is 0 Å². The Bertz CT molecular complexity index is 1000. The lowest BCUT2D eigenvalue weighted by Gasteiger charge is -2.38. The molecule has 4 rings (SSSR count). The monoisotopic (exact) mass is 520 g/mol. The molecule has 0 aliphatic carbocycles. The summed E-state index contributed by atoms with van der Waals surface area (Å²) in [5.74, 6) is 1.08. The third-order valence-electron chi connectivity index (χ3n) is 8.11. The Morgan fingerprint density at radius 3 is 2.50 bits per heavy atom. The van der Waals surface area contributed by atoms with Crippen LogP contribution in [0.25, 0.3) is 0 Å². The number of likely N-dealkylation sites (tertiary alicyclic amines) is 1. The van der Waals surface area contributed by atoms with E-state index in [-0.39, 0.29) is 11.9 Å². The predicted molar refractivity (Wildman–Crippen MR) is 155 cm³/mol. The molecule has 206 valence electrons. The second kappa shape index (κ2) is 14.1. The van der Waals surface area contributed by atoms with Gasteiger partial charge in [0.25, 0.3) is 0 Å². The molecule has 2 fully saturated rings. The largest absolute Gasteiger partial charge is 0.388 e. The Morgan fingerprint density at radius 1 is 1.08 bits per heavy atom. The molecule has 1 atom stereocenters. The van der Waals surface area contributed by atoms with Gasteiger partial charge in [-0.15, -0.1) is 0 Å². The van der Waals surface area contributed by atoms with Crippen molar-refractivity contribution >= 4 is 29.9 Å². The van der Waals surface area contributed by atoms with Gasteiger partial charge in [0.15, 0.2) is 0 Å². The van der Waals surface area contributed by atoms with Crippen molar-refractivity contribution in [1.29, 1.82) is 0 Å². The predicted octanol–water partition coefficient (Wildman–Crippen LogP) is 3.93. The highest BCUT2D eigenvalue weighted by Gasteiger charge is 2.26. The van der Waals surface area contributed by atoms with Gasteiger partial charge in [-0.25, -0.2) is 0 Å². The lowest BCUT2D eigenvalue weighted by atomic mass is 9.90. The fourth-order valence-corrected chi connectivity index (χ4v) is 5.76. The number of imide groups is 1. The standard InChI is InChI=1S/C30H44N6O2/c1-23(6-11-30(38)33-22-37)34-27-4-3-5-29(32-20-27)25-14-16-35(17-15-25)21-24-12-18-36(19-13-24)28-9-7-26(31-2)8-10-28/h4-5,7-10,20,22-25,31,34H,3,6,11-19,21H2,1-2H3,(H,33,37,38). The van der Waals surface area contributed by atoms with Crippen LogP contribution in [0.5, 0.6) is 0 Å². The number of anilines is 2. The van der Waals surface area contributed by atoms with Gasteiger partial charge in [0.05, 0.1) is 0 Å². The van der Waals surface area contributed by atoms with Gasteiger partial charge in [0.1, 0.15) is 0 Å². The van der Waals surface area contributed by atoms with E-state index in [1.807, 2.05) is 20.2 Å². The number of aliphatic imine (C=N–C) groups is 1. The molecule has 0 aromatic heterocycles. The van der Waals surface area contributed by atoms with E-state index in [1.165, 1.54) is 43.6 Å². The summed E-state index contributed by atoms with van der Waals surface area (Å²) in [7, 11) is 1.96. The van der Waals surface area contributed by atoms with Gasteiger partial charge in [0.2, 0.25) is 12.3 Å². The number of nitrogens with one attached hydrogen (secondary N) is 3. The molecule has 1 unspecified atom stereocenters. The van der Waals surface area contributed by atoms with E-state index in [0.717, 1.165) is 49.9 Å². The molecule has 1 aromatic carbocycles. The van der Waals surface area contributed by atoms with Crippen LogP contribution in [0, 0.1) is 11.8 Å². The van der Waals surface area contributed by atoms with E-state index < -0.39 is 0 Å². The summed E-state index contributed by atoms with van der Waals surface area (Å²) < 4.78 is 0. The summed E-state index contributed by atoms with van der Waals surface area (Å²) in [6, 6.07) is 8.91. The van der Waals surface area contributed by atoms with Gasteiger partial charge in [-0.3, -0.25) is 19.9 Å². The number of piperidine rings is 2. The SMILES string of the molecule is CNc1ccc(N2CCC(CN3CCC(C4=CCC=C(NC(C)CCC(=O)NC=O)C=N4)CC3)CC2)cc1. The van der Waals surface area contributed by atoms with Crippen LogP contribution >= 0.6 is 0 Å². The second-order valence-electron chi connectivity index (χ2n) is 10.9. The molecule has 3 N–H and O–H groups in total. The number of rotatable bonds is 11. The molecule has 0 bridgehead atoms. The summed E-state index contributed by atoms with van der Waals surface area (Å²) in [5, 5.41) is 8.83. The Balaban J connectivity index is 1.15. The van der Waals surface area contributed by atoms with Gasteiger partial charge >= 0.3 is 0 Å². The van der Waals surface area contributed by atoms with Crippen LogP contribution in [-0.2, 0) is 9.59 Å². The Kier molecular flexibility index (Phi) is 10.4. The minimum Gasteiger partial charge on any atom is -0.388 e. The first-order chi connectivity index (χ1) is 18.5. The Labute approximate surface area is 227 Å². The minimum atomic E-state index is -0.242. The molecule has 2 amide bonds. The first kappa shape index (κ1) is 27.9. The van der Waals surface area contributed by atoms with E-state index in [0.29, 0.717) is 25.2 Å². The van der Waals surface area contributed by atoms with Crippen molar-refractivity contribution in [1.82, 2.24) is 15.5 Å². The van der Waals surface area contributed by atoms with Crippen molar-refractivity contribution in [2.75, 3.05) is 50.0 Å². The van der Waals surface area contributed by atoms with Gasteiger partial charge in [-0.1, -0.05) is 12.2 Å². The number of carbonyl (C=O) groups excluding carboxylic acids is 2. The van der Waals surface area contributed by atoms with E-state index in [2.05, 4.69) is 62.2 Å². The molecule has 3 heterocycles. The average Bonchev–Trinajstić information content (AvgIpc) is 3.18.